The lowest BCUT2D eigenvalue weighted by Gasteiger charge is -2.31. The number of hydrogen-bond acceptors (Lipinski definition) is 5. The average Bonchev–Trinajstić information content (AvgIpc) is 3.50. The van der Waals surface area contributed by atoms with Crippen molar-refractivity contribution >= 4 is 29.2 Å². The van der Waals surface area contributed by atoms with Gasteiger partial charge in [-0.3, -0.25) is 4.79 Å². The van der Waals surface area contributed by atoms with Gasteiger partial charge in [0.1, 0.15) is 12.0 Å². The predicted molar refractivity (Wildman–Crippen MR) is 128 cm³/mol. The van der Waals surface area contributed by atoms with Crippen LogP contribution in [0, 0.1) is 5.92 Å². The van der Waals surface area contributed by atoms with E-state index in [-0.39, 0.29) is 12.3 Å². The van der Waals surface area contributed by atoms with Crippen LogP contribution in [0.4, 0.5) is 15.9 Å². The van der Waals surface area contributed by atoms with E-state index < -0.39 is 12.1 Å². The van der Waals surface area contributed by atoms with Gasteiger partial charge in [-0.05, 0) is 49.5 Å². The minimum Gasteiger partial charge on any atom is -0.411 e. The van der Waals surface area contributed by atoms with E-state index in [1.54, 1.807) is 12.3 Å². The summed E-state index contributed by atoms with van der Waals surface area (Å²) in [5.41, 5.74) is 6.54. The number of nitrogens with one attached hydrogen (secondary N) is 1. The molecule has 7 heteroatoms. The zero-order chi connectivity index (χ0) is 23.6. The molecule has 2 N–H and O–H groups in total. The molecule has 0 radical (unpaired) electrons. The first-order chi connectivity index (χ1) is 15.2. The standard InChI is InChI=1S/C25H29FN4O2/c1-7-18(14(3)9-15(4)22(8-2)29-32)19-10-17-13-27-24(12-23(17)30(6)16(19)5)28-25(31)20-11-21(20)26/h7,9-10,12-13,20-21,32H,4-5,8,11H2,1-3,6H3,(H,27,28,31)/b14-9-,18-7+,29-22-. The number of carbonyl (C=O) groups is 1. The predicted octanol–water partition coefficient (Wildman–Crippen LogP) is 5.41. The number of amides is 1. The Labute approximate surface area is 188 Å². The number of carbonyl (C=O) groups excluding carboxylic acids is 1. The summed E-state index contributed by atoms with van der Waals surface area (Å²) in [4.78, 5) is 18.3. The molecule has 0 bridgehead atoms. The molecule has 0 aromatic carbocycles. The largest absolute Gasteiger partial charge is 0.411 e. The van der Waals surface area contributed by atoms with Gasteiger partial charge in [-0.1, -0.05) is 37.4 Å². The molecule has 1 aromatic heterocycles. The second-order valence-electron chi connectivity index (χ2n) is 7.99. The molecule has 2 unspecified atom stereocenters. The number of pyridine rings is 1. The number of aromatic nitrogens is 1. The van der Waals surface area contributed by atoms with E-state index in [0.717, 1.165) is 33.7 Å². The smallest absolute Gasteiger partial charge is 0.231 e. The molecule has 2 heterocycles. The van der Waals surface area contributed by atoms with Crippen molar-refractivity contribution in [3.05, 3.63) is 71.1 Å². The fraction of sp³-hybridized carbons (Fsp3) is 0.320. The fourth-order valence-electron chi connectivity index (χ4n) is 3.76. The lowest BCUT2D eigenvalue weighted by Crippen LogP contribution is -2.23. The summed E-state index contributed by atoms with van der Waals surface area (Å²) in [6.45, 7) is 14.1. The molecule has 0 spiro atoms. The summed E-state index contributed by atoms with van der Waals surface area (Å²) in [6.07, 6.45) is 7.38. The lowest BCUT2D eigenvalue weighted by molar-refractivity contribution is -0.117. The SMILES string of the molecule is C=C(/C=C(C)\C(=C/C)C1=Cc2cnc(NC(=O)C3CC3F)cc2N(C)C1=C)/C(CC)=N\O. The van der Waals surface area contributed by atoms with E-state index in [1.807, 2.05) is 50.9 Å². The first-order valence-corrected chi connectivity index (χ1v) is 10.6. The maximum Gasteiger partial charge on any atom is 0.231 e. The van der Waals surface area contributed by atoms with Crippen LogP contribution in [0.1, 0.15) is 39.2 Å². The highest BCUT2D eigenvalue weighted by atomic mass is 19.1. The molecule has 1 aliphatic heterocycles. The molecule has 168 valence electrons. The Morgan fingerprint density at radius 1 is 1.50 bits per heavy atom. The number of oxime groups is 1. The van der Waals surface area contributed by atoms with Crippen molar-refractivity contribution in [1.29, 1.82) is 0 Å². The topological polar surface area (TPSA) is 77.8 Å². The summed E-state index contributed by atoms with van der Waals surface area (Å²) in [5.74, 6) is -0.523. The van der Waals surface area contributed by atoms with E-state index in [0.29, 0.717) is 23.5 Å². The van der Waals surface area contributed by atoms with E-state index in [9.17, 15) is 9.18 Å². The van der Waals surface area contributed by atoms with Crippen molar-refractivity contribution in [2.75, 3.05) is 17.3 Å². The van der Waals surface area contributed by atoms with Gasteiger partial charge < -0.3 is 15.4 Å². The zero-order valence-corrected chi connectivity index (χ0v) is 18.9. The summed E-state index contributed by atoms with van der Waals surface area (Å²) in [6, 6.07) is 1.77. The van der Waals surface area contributed by atoms with Gasteiger partial charge in [0.2, 0.25) is 5.91 Å². The molecular formula is C25H29FN4O2. The zero-order valence-electron chi connectivity index (χ0n) is 18.9. The van der Waals surface area contributed by atoms with Crippen LogP contribution in [-0.4, -0.2) is 35.0 Å². The molecule has 1 aromatic rings. The Balaban J connectivity index is 1.91. The minimum atomic E-state index is -1.05. The van der Waals surface area contributed by atoms with Crippen molar-refractivity contribution < 1.29 is 14.4 Å². The molecule has 2 atom stereocenters. The van der Waals surface area contributed by atoms with Gasteiger partial charge in [0.05, 0.1) is 17.3 Å². The Hall–Kier alpha value is -3.48. The third-order valence-corrected chi connectivity index (χ3v) is 5.81. The van der Waals surface area contributed by atoms with Crippen molar-refractivity contribution in [3.63, 3.8) is 0 Å². The number of rotatable bonds is 7. The summed E-state index contributed by atoms with van der Waals surface area (Å²) in [7, 11) is 1.90. The molecule has 1 amide bonds. The molecular weight excluding hydrogens is 407 g/mol. The Morgan fingerprint density at radius 2 is 2.19 bits per heavy atom. The second-order valence-corrected chi connectivity index (χ2v) is 7.99. The molecule has 32 heavy (non-hydrogen) atoms. The number of halogens is 1. The van der Waals surface area contributed by atoms with Gasteiger partial charge in [-0.2, -0.15) is 0 Å². The third kappa shape index (κ3) is 4.56. The second kappa shape index (κ2) is 9.34. The first-order valence-electron chi connectivity index (χ1n) is 10.6. The number of hydrogen-bond donors (Lipinski definition) is 2. The van der Waals surface area contributed by atoms with Gasteiger partial charge in [0.15, 0.2) is 0 Å². The van der Waals surface area contributed by atoms with Gasteiger partial charge >= 0.3 is 0 Å². The van der Waals surface area contributed by atoms with Crippen LogP contribution in [0.2, 0.25) is 0 Å². The number of alkyl halides is 1. The van der Waals surface area contributed by atoms with E-state index in [2.05, 4.69) is 28.6 Å². The van der Waals surface area contributed by atoms with Crippen LogP contribution in [-0.2, 0) is 4.79 Å². The lowest BCUT2D eigenvalue weighted by atomic mass is 9.90. The molecule has 1 fully saturated rings. The molecule has 1 aliphatic carbocycles. The van der Waals surface area contributed by atoms with Gasteiger partial charge in [-0.15, -0.1) is 0 Å². The monoisotopic (exact) mass is 436 g/mol. The fourth-order valence-corrected chi connectivity index (χ4v) is 3.76. The van der Waals surface area contributed by atoms with E-state index >= 15 is 0 Å². The number of fused-ring (bicyclic) bond motifs is 1. The van der Waals surface area contributed by atoms with Crippen LogP contribution in [0.25, 0.3) is 6.08 Å². The van der Waals surface area contributed by atoms with Crippen LogP contribution in [0.15, 0.2) is 70.7 Å². The third-order valence-electron chi connectivity index (χ3n) is 5.81. The summed E-state index contributed by atoms with van der Waals surface area (Å²) >= 11 is 0. The maximum absolute atomic E-state index is 13.2. The number of nitrogens with zero attached hydrogens (tertiary/aromatic N) is 3. The number of likely N-dealkylation sites (N-methyl/N-ethyl adjacent to an activating group) is 1. The van der Waals surface area contributed by atoms with Crippen LogP contribution >= 0.6 is 0 Å². The van der Waals surface area contributed by atoms with Gasteiger partial charge in [0, 0.05) is 36.1 Å². The maximum atomic E-state index is 13.2. The van der Waals surface area contributed by atoms with E-state index in [4.69, 9.17) is 5.21 Å². The highest BCUT2D eigenvalue weighted by Gasteiger charge is 2.43. The van der Waals surface area contributed by atoms with Crippen LogP contribution < -0.4 is 10.2 Å². The quantitative estimate of drug-likeness (QED) is 0.259. The summed E-state index contributed by atoms with van der Waals surface area (Å²) < 4.78 is 13.2. The van der Waals surface area contributed by atoms with Gasteiger partial charge in [-0.25, -0.2) is 9.37 Å². The first kappa shape index (κ1) is 23.2. The van der Waals surface area contributed by atoms with Crippen LogP contribution in [0.3, 0.4) is 0 Å². The molecule has 3 rings (SSSR count). The average molecular weight is 437 g/mol. The highest BCUT2D eigenvalue weighted by Crippen LogP contribution is 2.39. The Kier molecular flexibility index (Phi) is 6.77. The molecule has 1 saturated carbocycles. The van der Waals surface area contributed by atoms with Crippen LogP contribution in [0.5, 0.6) is 0 Å². The highest BCUT2D eigenvalue weighted by molar-refractivity contribution is 6.01. The van der Waals surface area contributed by atoms with Crippen molar-refractivity contribution in [1.82, 2.24) is 4.98 Å². The normalized spacial score (nSPS) is 21.2. The van der Waals surface area contributed by atoms with Gasteiger partial charge in [0.25, 0.3) is 0 Å². The minimum absolute atomic E-state index is 0.273. The van der Waals surface area contributed by atoms with Crippen molar-refractivity contribution in [2.45, 2.75) is 39.8 Å². The molecule has 2 aliphatic rings. The molecule has 0 saturated heterocycles. The Morgan fingerprint density at radius 3 is 2.75 bits per heavy atom. The van der Waals surface area contributed by atoms with E-state index in [1.165, 1.54) is 0 Å². The number of anilines is 2. The molecule has 6 nitrogen and oxygen atoms in total. The number of allylic oxidation sites excluding steroid dienone is 5. The summed E-state index contributed by atoms with van der Waals surface area (Å²) in [5, 5.41) is 15.2. The Bertz CT molecular complexity index is 1100. The van der Waals surface area contributed by atoms with Crippen molar-refractivity contribution in [3.8, 4) is 0 Å². The van der Waals surface area contributed by atoms with Crippen molar-refractivity contribution in [2.24, 2.45) is 11.1 Å².